The lowest BCUT2D eigenvalue weighted by atomic mass is 10.2. The van der Waals surface area contributed by atoms with E-state index in [-0.39, 0.29) is 17.1 Å². The summed E-state index contributed by atoms with van der Waals surface area (Å²) in [5.74, 6) is -0.861. The van der Waals surface area contributed by atoms with Gasteiger partial charge in [-0.25, -0.2) is 8.42 Å². The summed E-state index contributed by atoms with van der Waals surface area (Å²) in [7, 11) is -3.76. The number of rotatable bonds is 5. The highest BCUT2D eigenvalue weighted by atomic mass is 32.2. The van der Waals surface area contributed by atoms with E-state index in [1.807, 2.05) is 0 Å². The minimum atomic E-state index is -3.76. The number of hydrogen-bond acceptors (Lipinski definition) is 5. The Kier molecular flexibility index (Phi) is 3.94. The molecule has 0 unspecified atom stereocenters. The van der Waals surface area contributed by atoms with Crippen molar-refractivity contribution in [1.82, 2.24) is 10.2 Å². The average molecular weight is 293 g/mol. The molecule has 1 aromatic heterocycles. The molecule has 0 aliphatic heterocycles. The molecule has 0 bridgehead atoms. The van der Waals surface area contributed by atoms with E-state index in [9.17, 15) is 13.2 Å². The highest BCUT2D eigenvalue weighted by Crippen LogP contribution is 2.14. The van der Waals surface area contributed by atoms with Crippen LogP contribution in [0, 0.1) is 0 Å². The summed E-state index contributed by atoms with van der Waals surface area (Å²) in [6.07, 6.45) is 1.27. The molecule has 1 heterocycles. The Morgan fingerprint density at radius 2 is 1.90 bits per heavy atom. The van der Waals surface area contributed by atoms with Crippen molar-refractivity contribution in [1.29, 1.82) is 0 Å². The molecule has 0 aliphatic carbocycles. The monoisotopic (exact) mass is 293 g/mol. The normalized spacial score (nSPS) is 11.0. The van der Waals surface area contributed by atoms with Gasteiger partial charge in [-0.05, 0) is 29.8 Å². The molecule has 0 saturated heterocycles. The topological polar surface area (TPSA) is 109 Å². The minimum Gasteiger partial charge on any atom is -0.481 e. The molecule has 7 nitrogen and oxygen atoms in total. The molecule has 2 rings (SSSR count). The third-order valence-electron chi connectivity index (χ3n) is 2.40. The van der Waals surface area contributed by atoms with E-state index in [1.165, 1.54) is 36.5 Å². The summed E-state index contributed by atoms with van der Waals surface area (Å²) in [6, 6.07) is 8.64. The van der Waals surface area contributed by atoms with Crippen LogP contribution in [0.15, 0.2) is 47.5 Å². The molecule has 20 heavy (non-hydrogen) atoms. The summed E-state index contributed by atoms with van der Waals surface area (Å²) < 4.78 is 26.4. The van der Waals surface area contributed by atoms with Gasteiger partial charge in [0.25, 0.3) is 10.0 Å². The zero-order valence-electron chi connectivity index (χ0n) is 10.2. The molecular formula is C12H11N3O4S. The molecule has 1 aromatic carbocycles. The maximum atomic E-state index is 12.0. The summed E-state index contributed by atoms with van der Waals surface area (Å²) >= 11 is 0. The molecule has 2 aromatic rings. The minimum absolute atomic E-state index is 0.0253. The van der Waals surface area contributed by atoms with Crippen LogP contribution in [0.4, 0.5) is 5.82 Å². The van der Waals surface area contributed by atoms with Crippen LogP contribution in [0.1, 0.15) is 5.56 Å². The molecule has 0 amide bonds. The molecule has 0 fully saturated rings. The van der Waals surface area contributed by atoms with Gasteiger partial charge in [0.05, 0.1) is 11.3 Å². The summed E-state index contributed by atoms with van der Waals surface area (Å²) in [5.41, 5.74) is 0.524. The quantitative estimate of drug-likeness (QED) is 0.847. The Hall–Kier alpha value is -2.48. The average Bonchev–Trinajstić information content (AvgIpc) is 2.39. The molecule has 0 atom stereocenters. The number of carboxylic acids is 1. The molecule has 2 N–H and O–H groups in total. The summed E-state index contributed by atoms with van der Waals surface area (Å²) in [4.78, 5) is 10.6. The van der Waals surface area contributed by atoms with E-state index in [0.717, 1.165) is 0 Å². The lowest BCUT2D eigenvalue weighted by Gasteiger charge is -2.07. The van der Waals surface area contributed by atoms with Crippen molar-refractivity contribution in [3.63, 3.8) is 0 Å². The van der Waals surface area contributed by atoms with Crippen LogP contribution in [-0.2, 0) is 21.2 Å². The van der Waals surface area contributed by atoms with Gasteiger partial charge in [0.15, 0.2) is 5.82 Å². The fraction of sp³-hybridized carbons (Fsp3) is 0.0833. The fourth-order valence-corrected chi connectivity index (χ4v) is 2.51. The Bertz CT molecular complexity index is 699. The van der Waals surface area contributed by atoms with Crippen molar-refractivity contribution in [2.75, 3.05) is 4.72 Å². The van der Waals surface area contributed by atoms with Gasteiger partial charge in [0.1, 0.15) is 0 Å². The SMILES string of the molecule is O=C(O)Cc1ccc(S(=O)(=O)Nc2cccnn2)cc1. The summed E-state index contributed by atoms with van der Waals surface area (Å²) in [6.45, 7) is 0. The standard InChI is InChI=1S/C12H11N3O4S/c16-12(17)8-9-3-5-10(6-4-9)20(18,19)15-11-2-1-7-13-14-11/h1-7H,8H2,(H,14,15)(H,16,17). The molecule has 0 aliphatic rings. The van der Waals surface area contributed by atoms with E-state index in [2.05, 4.69) is 14.9 Å². The molecule has 104 valence electrons. The Balaban J connectivity index is 2.19. The number of carboxylic acid groups (broad SMARTS) is 1. The Labute approximate surface area is 115 Å². The third kappa shape index (κ3) is 3.51. The van der Waals surface area contributed by atoms with Crippen molar-refractivity contribution >= 4 is 21.8 Å². The van der Waals surface area contributed by atoms with E-state index in [0.29, 0.717) is 5.56 Å². The molecule has 0 spiro atoms. The largest absolute Gasteiger partial charge is 0.481 e. The van der Waals surface area contributed by atoms with Crippen LogP contribution in [-0.4, -0.2) is 29.7 Å². The van der Waals surface area contributed by atoms with Crippen LogP contribution >= 0.6 is 0 Å². The maximum Gasteiger partial charge on any atom is 0.307 e. The second-order valence-electron chi connectivity index (χ2n) is 3.93. The summed E-state index contributed by atoms with van der Waals surface area (Å²) in [5, 5.41) is 15.8. The van der Waals surface area contributed by atoms with E-state index < -0.39 is 16.0 Å². The number of aromatic nitrogens is 2. The second-order valence-corrected chi connectivity index (χ2v) is 5.61. The van der Waals surface area contributed by atoms with Gasteiger partial charge < -0.3 is 5.11 Å². The van der Waals surface area contributed by atoms with Gasteiger partial charge in [-0.3, -0.25) is 9.52 Å². The van der Waals surface area contributed by atoms with Crippen molar-refractivity contribution in [3.05, 3.63) is 48.2 Å². The fourth-order valence-electron chi connectivity index (χ4n) is 1.51. The lowest BCUT2D eigenvalue weighted by molar-refractivity contribution is -0.136. The van der Waals surface area contributed by atoms with Gasteiger partial charge in [-0.2, -0.15) is 5.10 Å². The number of benzene rings is 1. The number of nitrogens with one attached hydrogen (secondary N) is 1. The van der Waals surface area contributed by atoms with Crippen LogP contribution in [0.5, 0.6) is 0 Å². The first-order valence-corrected chi connectivity index (χ1v) is 7.07. The van der Waals surface area contributed by atoms with E-state index >= 15 is 0 Å². The smallest absolute Gasteiger partial charge is 0.307 e. The molecule has 8 heteroatoms. The van der Waals surface area contributed by atoms with Crippen LogP contribution in [0.2, 0.25) is 0 Å². The predicted molar refractivity (Wildman–Crippen MR) is 70.6 cm³/mol. The van der Waals surface area contributed by atoms with Gasteiger partial charge in [0, 0.05) is 6.20 Å². The molecule has 0 saturated carbocycles. The lowest BCUT2D eigenvalue weighted by Crippen LogP contribution is -2.14. The number of aliphatic carboxylic acids is 1. The van der Waals surface area contributed by atoms with Gasteiger partial charge in [0.2, 0.25) is 0 Å². The van der Waals surface area contributed by atoms with Crippen molar-refractivity contribution in [2.24, 2.45) is 0 Å². The van der Waals surface area contributed by atoms with Crippen molar-refractivity contribution < 1.29 is 18.3 Å². The zero-order valence-corrected chi connectivity index (χ0v) is 11.0. The van der Waals surface area contributed by atoms with Gasteiger partial charge >= 0.3 is 5.97 Å². The second kappa shape index (κ2) is 5.66. The first-order valence-electron chi connectivity index (χ1n) is 5.58. The Morgan fingerprint density at radius 1 is 1.20 bits per heavy atom. The highest BCUT2D eigenvalue weighted by molar-refractivity contribution is 7.92. The van der Waals surface area contributed by atoms with Gasteiger partial charge in [-0.15, -0.1) is 5.10 Å². The number of sulfonamides is 1. The van der Waals surface area contributed by atoms with Crippen LogP contribution in [0.3, 0.4) is 0 Å². The van der Waals surface area contributed by atoms with Crippen molar-refractivity contribution in [2.45, 2.75) is 11.3 Å². The maximum absolute atomic E-state index is 12.0. The van der Waals surface area contributed by atoms with Gasteiger partial charge in [-0.1, -0.05) is 12.1 Å². The number of hydrogen-bond donors (Lipinski definition) is 2. The molecule has 0 radical (unpaired) electrons. The van der Waals surface area contributed by atoms with E-state index in [4.69, 9.17) is 5.11 Å². The van der Waals surface area contributed by atoms with Crippen molar-refractivity contribution in [3.8, 4) is 0 Å². The molecular weight excluding hydrogens is 282 g/mol. The Morgan fingerprint density at radius 3 is 2.45 bits per heavy atom. The number of carbonyl (C=O) groups is 1. The first-order chi connectivity index (χ1) is 9.47. The number of nitrogens with zero attached hydrogens (tertiary/aromatic N) is 2. The van der Waals surface area contributed by atoms with Crippen LogP contribution in [0.25, 0.3) is 0 Å². The number of anilines is 1. The predicted octanol–water partition coefficient (Wildman–Crippen LogP) is 0.905. The zero-order chi connectivity index (χ0) is 14.6. The highest BCUT2D eigenvalue weighted by Gasteiger charge is 2.15. The third-order valence-corrected chi connectivity index (χ3v) is 3.77. The first kappa shape index (κ1) is 13.9. The van der Waals surface area contributed by atoms with E-state index in [1.54, 1.807) is 6.07 Å². The van der Waals surface area contributed by atoms with Crippen LogP contribution < -0.4 is 4.72 Å².